The molecule has 29 heavy (non-hydrogen) atoms. The minimum atomic E-state index is 0.121. The van der Waals surface area contributed by atoms with Crippen LogP contribution in [0.5, 0.6) is 5.75 Å². The molecule has 0 aliphatic rings. The van der Waals surface area contributed by atoms with Crippen molar-refractivity contribution < 1.29 is 5.11 Å². The van der Waals surface area contributed by atoms with Gasteiger partial charge in [-0.3, -0.25) is 0 Å². The van der Waals surface area contributed by atoms with Crippen LogP contribution >= 0.6 is 11.6 Å². The van der Waals surface area contributed by atoms with E-state index < -0.39 is 0 Å². The van der Waals surface area contributed by atoms with Crippen LogP contribution in [-0.4, -0.2) is 15.1 Å². The van der Waals surface area contributed by atoms with Crippen LogP contribution in [0, 0.1) is 5.41 Å². The van der Waals surface area contributed by atoms with E-state index in [9.17, 15) is 5.11 Å². The molecular weight excluding hydrogens is 380 g/mol. The Morgan fingerprint density at radius 3 is 2.48 bits per heavy atom. The van der Waals surface area contributed by atoms with E-state index in [1.54, 1.807) is 6.07 Å². The highest BCUT2D eigenvalue weighted by atomic mass is 35.5. The molecule has 1 heterocycles. The average Bonchev–Trinajstić information content (AvgIpc) is 2.69. The maximum atomic E-state index is 9.53. The van der Waals surface area contributed by atoms with Gasteiger partial charge in [0.25, 0.3) is 0 Å². The fraction of sp³-hybridized carbons (Fsp3) is 0.360. The van der Waals surface area contributed by atoms with Gasteiger partial charge in [0, 0.05) is 18.2 Å². The van der Waals surface area contributed by atoms with Crippen LogP contribution in [0.3, 0.4) is 0 Å². The zero-order chi connectivity index (χ0) is 20.9. The molecule has 0 spiro atoms. The van der Waals surface area contributed by atoms with Crippen molar-refractivity contribution >= 4 is 11.6 Å². The number of hydrogen-bond acceptors (Lipinski definition) is 3. The fourth-order valence-electron chi connectivity index (χ4n) is 3.24. The minimum Gasteiger partial charge on any atom is -0.506 e. The molecule has 1 aromatic heterocycles. The summed E-state index contributed by atoms with van der Waals surface area (Å²) in [5.41, 5.74) is 4.91. The number of phenols is 1. The number of aryl methyl sites for hydroxylation is 3. The number of nitrogens with zero attached hydrogens (tertiary/aromatic N) is 2. The molecule has 0 fully saturated rings. The second-order valence-electron chi connectivity index (χ2n) is 8.76. The van der Waals surface area contributed by atoms with E-state index in [-0.39, 0.29) is 5.75 Å². The van der Waals surface area contributed by atoms with Gasteiger partial charge < -0.3 is 5.11 Å². The van der Waals surface area contributed by atoms with E-state index in [1.165, 1.54) is 5.56 Å². The molecule has 0 aliphatic heterocycles. The van der Waals surface area contributed by atoms with Crippen molar-refractivity contribution in [3.05, 3.63) is 76.7 Å². The molecule has 0 atom stereocenters. The predicted molar refractivity (Wildman–Crippen MR) is 120 cm³/mol. The maximum Gasteiger partial charge on any atom is 0.134 e. The van der Waals surface area contributed by atoms with E-state index in [1.807, 2.05) is 24.4 Å². The first-order valence-corrected chi connectivity index (χ1v) is 10.6. The van der Waals surface area contributed by atoms with E-state index in [0.29, 0.717) is 10.4 Å². The molecule has 0 bridgehead atoms. The molecule has 3 nitrogen and oxygen atoms in total. The number of rotatable bonds is 7. The first kappa shape index (κ1) is 21.3. The van der Waals surface area contributed by atoms with Gasteiger partial charge in [-0.1, -0.05) is 56.6 Å². The molecule has 152 valence electrons. The van der Waals surface area contributed by atoms with Gasteiger partial charge in [0.05, 0.1) is 10.7 Å². The van der Waals surface area contributed by atoms with Crippen molar-refractivity contribution in [2.75, 3.05) is 0 Å². The summed E-state index contributed by atoms with van der Waals surface area (Å²) in [5.74, 6) is 0.976. The lowest BCUT2D eigenvalue weighted by molar-refractivity contribution is 0.378. The zero-order valence-corrected chi connectivity index (χ0v) is 18.2. The van der Waals surface area contributed by atoms with Crippen molar-refractivity contribution in [3.8, 4) is 17.0 Å². The van der Waals surface area contributed by atoms with Gasteiger partial charge in [-0.25, -0.2) is 9.97 Å². The van der Waals surface area contributed by atoms with Gasteiger partial charge in [-0.2, -0.15) is 0 Å². The summed E-state index contributed by atoms with van der Waals surface area (Å²) in [6, 6.07) is 16.0. The second kappa shape index (κ2) is 9.41. The summed E-state index contributed by atoms with van der Waals surface area (Å²) in [5, 5.41) is 9.92. The maximum absolute atomic E-state index is 9.53. The molecule has 4 heteroatoms. The van der Waals surface area contributed by atoms with Crippen LogP contribution in [0.25, 0.3) is 11.3 Å². The van der Waals surface area contributed by atoms with Crippen molar-refractivity contribution in [1.29, 1.82) is 0 Å². The van der Waals surface area contributed by atoms with E-state index in [2.05, 4.69) is 50.0 Å². The fourth-order valence-corrected chi connectivity index (χ4v) is 3.45. The third kappa shape index (κ3) is 6.57. The third-order valence-electron chi connectivity index (χ3n) is 4.97. The Labute approximate surface area is 178 Å². The lowest BCUT2D eigenvalue weighted by Gasteiger charge is -2.18. The number of aromatic hydroxyl groups is 1. The molecule has 0 radical (unpaired) electrons. The highest BCUT2D eigenvalue weighted by molar-refractivity contribution is 6.32. The highest BCUT2D eigenvalue weighted by Gasteiger charge is 2.11. The van der Waals surface area contributed by atoms with Crippen LogP contribution < -0.4 is 0 Å². The molecule has 0 unspecified atom stereocenters. The largest absolute Gasteiger partial charge is 0.506 e. The van der Waals surface area contributed by atoms with E-state index in [4.69, 9.17) is 16.6 Å². The van der Waals surface area contributed by atoms with Gasteiger partial charge in [-0.15, -0.1) is 0 Å². The van der Waals surface area contributed by atoms with Crippen molar-refractivity contribution in [3.63, 3.8) is 0 Å². The van der Waals surface area contributed by atoms with Crippen molar-refractivity contribution in [2.45, 2.75) is 52.9 Å². The van der Waals surface area contributed by atoms with Crippen LogP contribution in [-0.2, 0) is 19.3 Å². The summed E-state index contributed by atoms with van der Waals surface area (Å²) in [6.07, 6.45) is 6.68. The molecule has 3 aromatic rings. The Hall–Kier alpha value is -2.39. The molecule has 0 saturated heterocycles. The summed E-state index contributed by atoms with van der Waals surface area (Å²) in [6.45, 7) is 6.83. The Kier molecular flexibility index (Phi) is 6.92. The van der Waals surface area contributed by atoms with Crippen molar-refractivity contribution in [2.24, 2.45) is 5.41 Å². The topological polar surface area (TPSA) is 46.0 Å². The van der Waals surface area contributed by atoms with E-state index >= 15 is 0 Å². The lowest BCUT2D eigenvalue weighted by Crippen LogP contribution is -2.06. The van der Waals surface area contributed by atoms with Crippen LogP contribution in [0.4, 0.5) is 0 Å². The standard InChI is InChI=1S/C25H29ClN2O/c1-25(2,3)14-12-19-6-4-8-20(16-19)22-13-15-27-24(28-22)9-5-7-18-10-11-23(29)21(26)17-18/h4,6,8,10-11,13,15-17,29H,5,7,9,12,14H2,1-3H3. The van der Waals surface area contributed by atoms with Crippen LogP contribution in [0.2, 0.25) is 5.02 Å². The Morgan fingerprint density at radius 2 is 1.72 bits per heavy atom. The smallest absolute Gasteiger partial charge is 0.134 e. The Balaban J connectivity index is 1.64. The summed E-state index contributed by atoms with van der Waals surface area (Å²) in [7, 11) is 0. The molecular formula is C25H29ClN2O. The highest BCUT2D eigenvalue weighted by Crippen LogP contribution is 2.25. The average molecular weight is 409 g/mol. The summed E-state index contributed by atoms with van der Waals surface area (Å²) in [4.78, 5) is 9.22. The number of hydrogen-bond donors (Lipinski definition) is 1. The van der Waals surface area contributed by atoms with Gasteiger partial charge >= 0.3 is 0 Å². The number of benzene rings is 2. The van der Waals surface area contributed by atoms with Crippen LogP contribution in [0.15, 0.2) is 54.7 Å². The number of halogens is 1. The van der Waals surface area contributed by atoms with Crippen LogP contribution in [0.1, 0.15) is 50.6 Å². The van der Waals surface area contributed by atoms with Gasteiger partial charge in [0.2, 0.25) is 0 Å². The summed E-state index contributed by atoms with van der Waals surface area (Å²) >= 11 is 5.98. The molecule has 0 aliphatic carbocycles. The number of phenolic OH excluding ortho intramolecular Hbond substituents is 1. The van der Waals surface area contributed by atoms with Crippen molar-refractivity contribution in [1.82, 2.24) is 9.97 Å². The molecule has 2 aromatic carbocycles. The normalized spacial score (nSPS) is 11.6. The minimum absolute atomic E-state index is 0.121. The van der Waals surface area contributed by atoms with Gasteiger partial charge in [-0.05, 0) is 66.5 Å². The molecule has 0 saturated carbocycles. The second-order valence-corrected chi connectivity index (χ2v) is 9.17. The lowest BCUT2D eigenvalue weighted by atomic mass is 9.88. The Morgan fingerprint density at radius 1 is 0.931 bits per heavy atom. The molecule has 1 N–H and O–H groups in total. The molecule has 0 amide bonds. The quantitative estimate of drug-likeness (QED) is 0.475. The van der Waals surface area contributed by atoms with Gasteiger partial charge in [0.15, 0.2) is 0 Å². The predicted octanol–water partition coefficient (Wildman–Crippen LogP) is 6.66. The van der Waals surface area contributed by atoms with Gasteiger partial charge in [0.1, 0.15) is 11.6 Å². The summed E-state index contributed by atoms with van der Waals surface area (Å²) < 4.78 is 0. The SMILES string of the molecule is CC(C)(C)CCc1cccc(-c2ccnc(CCCc3ccc(O)c(Cl)c3)n2)c1. The number of aromatic nitrogens is 2. The third-order valence-corrected chi connectivity index (χ3v) is 5.27. The zero-order valence-electron chi connectivity index (χ0n) is 17.5. The first-order chi connectivity index (χ1) is 13.8. The Bertz CT molecular complexity index is 963. The molecule has 3 rings (SSSR count). The first-order valence-electron chi connectivity index (χ1n) is 10.2. The monoisotopic (exact) mass is 408 g/mol. The van der Waals surface area contributed by atoms with E-state index in [0.717, 1.165) is 54.7 Å².